The Morgan fingerprint density at radius 2 is 1.95 bits per heavy atom. The lowest BCUT2D eigenvalue weighted by molar-refractivity contribution is 0.0547. The molecule has 1 aromatic heterocycles. The molecule has 0 N–H and O–H groups in total. The Kier molecular flexibility index (Phi) is 4.74. The first-order chi connectivity index (χ1) is 10.7. The molecule has 3 rings (SSSR count). The molecule has 0 radical (unpaired) electrons. The van der Waals surface area contributed by atoms with Crippen molar-refractivity contribution in [3.8, 4) is 0 Å². The Labute approximate surface area is 129 Å². The van der Waals surface area contributed by atoms with E-state index >= 15 is 0 Å². The Morgan fingerprint density at radius 1 is 1.23 bits per heavy atom. The zero-order chi connectivity index (χ0) is 15.5. The molecular weight excluding hydrogens is 288 g/mol. The van der Waals surface area contributed by atoms with E-state index in [0.717, 1.165) is 36.9 Å². The number of amides is 1. The number of alkyl halides is 2. The Morgan fingerprint density at radius 3 is 2.73 bits per heavy atom. The third kappa shape index (κ3) is 3.15. The summed E-state index contributed by atoms with van der Waals surface area (Å²) in [5.41, 5.74) is 0.298. The average Bonchev–Trinajstić information content (AvgIpc) is 2.83. The molecule has 0 aromatic carbocycles. The summed E-state index contributed by atoms with van der Waals surface area (Å²) in [5.74, 6) is 0.448. The lowest BCUT2D eigenvalue weighted by Gasteiger charge is -2.38. The Bertz CT molecular complexity index is 517. The van der Waals surface area contributed by atoms with Crippen molar-refractivity contribution in [1.82, 2.24) is 14.7 Å². The summed E-state index contributed by atoms with van der Waals surface area (Å²) < 4.78 is 26.4. The van der Waals surface area contributed by atoms with Crippen molar-refractivity contribution in [1.29, 1.82) is 0 Å². The maximum Gasteiger partial charge on any atom is 0.272 e. The highest BCUT2D eigenvalue weighted by Crippen LogP contribution is 2.35. The fourth-order valence-electron chi connectivity index (χ4n) is 3.98. The van der Waals surface area contributed by atoms with Crippen LogP contribution in [0.3, 0.4) is 0 Å². The maximum absolute atomic E-state index is 12.9. The number of hydrogen-bond acceptors (Lipinski definition) is 2. The SMILES string of the molecule is O=C(c1ccnn1CC(F)F)N1CCCCC2CCCCC21. The minimum atomic E-state index is -2.50. The van der Waals surface area contributed by atoms with Crippen molar-refractivity contribution in [2.75, 3.05) is 6.54 Å². The normalized spacial score (nSPS) is 25.9. The van der Waals surface area contributed by atoms with Crippen molar-refractivity contribution in [3.63, 3.8) is 0 Å². The van der Waals surface area contributed by atoms with Gasteiger partial charge in [-0.2, -0.15) is 5.10 Å². The Balaban J connectivity index is 1.82. The number of rotatable bonds is 3. The van der Waals surface area contributed by atoms with Crippen molar-refractivity contribution in [2.45, 2.75) is 64.0 Å². The first kappa shape index (κ1) is 15.4. The van der Waals surface area contributed by atoms with Gasteiger partial charge in [0, 0.05) is 18.8 Å². The van der Waals surface area contributed by atoms with Crippen LogP contribution in [0, 0.1) is 5.92 Å². The van der Waals surface area contributed by atoms with Gasteiger partial charge in [-0.1, -0.05) is 19.3 Å². The molecule has 2 unspecified atom stereocenters. The summed E-state index contributed by atoms with van der Waals surface area (Å²) in [6.45, 7) is 0.218. The molecule has 6 heteroatoms. The Hall–Kier alpha value is -1.46. The van der Waals surface area contributed by atoms with Gasteiger partial charge in [0.25, 0.3) is 12.3 Å². The van der Waals surface area contributed by atoms with E-state index in [-0.39, 0.29) is 11.9 Å². The second kappa shape index (κ2) is 6.75. The fourth-order valence-corrected chi connectivity index (χ4v) is 3.98. The zero-order valence-corrected chi connectivity index (χ0v) is 12.8. The lowest BCUT2D eigenvalue weighted by atomic mass is 9.81. The van der Waals surface area contributed by atoms with Gasteiger partial charge in [0.1, 0.15) is 12.2 Å². The second-order valence-corrected chi connectivity index (χ2v) is 6.40. The number of likely N-dealkylation sites (tertiary alicyclic amines) is 1. The summed E-state index contributed by atoms with van der Waals surface area (Å²) in [6, 6.07) is 1.84. The van der Waals surface area contributed by atoms with E-state index in [1.54, 1.807) is 6.07 Å². The van der Waals surface area contributed by atoms with E-state index in [1.165, 1.54) is 25.5 Å². The van der Waals surface area contributed by atoms with Crippen molar-refractivity contribution in [2.24, 2.45) is 5.92 Å². The quantitative estimate of drug-likeness (QED) is 0.859. The van der Waals surface area contributed by atoms with E-state index in [1.807, 2.05) is 4.90 Å². The van der Waals surface area contributed by atoms with E-state index in [4.69, 9.17) is 0 Å². The number of carbonyl (C=O) groups is 1. The molecule has 1 saturated carbocycles. The van der Waals surface area contributed by atoms with Gasteiger partial charge in [0.05, 0.1) is 0 Å². The molecule has 22 heavy (non-hydrogen) atoms. The molecule has 0 bridgehead atoms. The van der Waals surface area contributed by atoms with Crippen LogP contribution in [0.25, 0.3) is 0 Å². The smallest absolute Gasteiger partial charge is 0.272 e. The van der Waals surface area contributed by atoms with Crippen LogP contribution in [0.1, 0.15) is 55.4 Å². The first-order valence-electron chi connectivity index (χ1n) is 8.27. The van der Waals surface area contributed by atoms with Crippen LogP contribution in [0.5, 0.6) is 0 Å². The second-order valence-electron chi connectivity index (χ2n) is 6.40. The molecule has 2 heterocycles. The molecule has 1 saturated heterocycles. The van der Waals surface area contributed by atoms with Crippen molar-refractivity contribution < 1.29 is 13.6 Å². The van der Waals surface area contributed by atoms with Gasteiger partial charge in [-0.05, 0) is 37.7 Å². The highest BCUT2D eigenvalue weighted by molar-refractivity contribution is 5.92. The van der Waals surface area contributed by atoms with Crippen molar-refractivity contribution in [3.05, 3.63) is 18.0 Å². The van der Waals surface area contributed by atoms with Crippen LogP contribution in [0.2, 0.25) is 0 Å². The van der Waals surface area contributed by atoms with E-state index in [0.29, 0.717) is 11.6 Å². The van der Waals surface area contributed by atoms with E-state index < -0.39 is 13.0 Å². The van der Waals surface area contributed by atoms with Crippen LogP contribution in [0.4, 0.5) is 8.78 Å². The average molecular weight is 311 g/mol. The minimum absolute atomic E-state index is 0.128. The first-order valence-corrected chi connectivity index (χ1v) is 8.27. The predicted molar refractivity (Wildman–Crippen MR) is 78.9 cm³/mol. The van der Waals surface area contributed by atoms with Gasteiger partial charge < -0.3 is 4.90 Å². The molecule has 1 aromatic rings. The summed E-state index contributed by atoms with van der Waals surface area (Å²) in [5, 5.41) is 3.89. The molecular formula is C16H23F2N3O. The van der Waals surface area contributed by atoms with Gasteiger partial charge >= 0.3 is 0 Å². The molecule has 4 nitrogen and oxygen atoms in total. The zero-order valence-electron chi connectivity index (χ0n) is 12.8. The van der Waals surface area contributed by atoms with Gasteiger partial charge in [-0.3, -0.25) is 9.48 Å². The van der Waals surface area contributed by atoms with E-state index in [9.17, 15) is 13.6 Å². The molecule has 1 amide bonds. The van der Waals surface area contributed by atoms with Gasteiger partial charge in [0.2, 0.25) is 0 Å². The monoisotopic (exact) mass is 311 g/mol. The summed E-state index contributed by atoms with van der Waals surface area (Å²) in [4.78, 5) is 14.8. The topological polar surface area (TPSA) is 38.1 Å². The third-order valence-corrected chi connectivity index (χ3v) is 5.00. The van der Waals surface area contributed by atoms with Crippen LogP contribution in [-0.4, -0.2) is 39.6 Å². The minimum Gasteiger partial charge on any atom is -0.334 e. The van der Waals surface area contributed by atoms with Crippen molar-refractivity contribution >= 4 is 5.91 Å². The summed E-state index contributed by atoms with van der Waals surface area (Å²) in [6.07, 6.45) is 6.90. The highest BCUT2D eigenvalue weighted by atomic mass is 19.3. The highest BCUT2D eigenvalue weighted by Gasteiger charge is 2.35. The molecule has 1 aliphatic heterocycles. The standard InChI is InChI=1S/C16H23F2N3O/c17-15(18)11-21-14(8-9-19-21)16(22)20-10-4-3-6-12-5-1-2-7-13(12)20/h8-9,12-13,15H,1-7,10-11H2. The number of hydrogen-bond donors (Lipinski definition) is 0. The lowest BCUT2D eigenvalue weighted by Crippen LogP contribution is -2.45. The molecule has 0 spiro atoms. The maximum atomic E-state index is 12.9. The van der Waals surface area contributed by atoms with Gasteiger partial charge in [0.15, 0.2) is 0 Å². The number of fused-ring (bicyclic) bond motifs is 1. The molecule has 2 aliphatic rings. The third-order valence-electron chi connectivity index (χ3n) is 5.00. The largest absolute Gasteiger partial charge is 0.334 e. The molecule has 2 atom stereocenters. The van der Waals surface area contributed by atoms with Crippen LogP contribution >= 0.6 is 0 Å². The molecule has 1 aliphatic carbocycles. The van der Waals surface area contributed by atoms with Gasteiger partial charge in [-0.15, -0.1) is 0 Å². The molecule has 122 valence electrons. The fraction of sp³-hybridized carbons (Fsp3) is 0.750. The number of aromatic nitrogens is 2. The summed E-state index contributed by atoms with van der Waals surface area (Å²) >= 11 is 0. The molecule has 2 fully saturated rings. The predicted octanol–water partition coefficient (Wildman–Crippen LogP) is 3.33. The van der Waals surface area contributed by atoms with E-state index in [2.05, 4.69) is 5.10 Å². The van der Waals surface area contributed by atoms with Crippen LogP contribution in [-0.2, 0) is 6.54 Å². The number of halogens is 2. The van der Waals surface area contributed by atoms with Crippen LogP contribution in [0.15, 0.2) is 12.3 Å². The van der Waals surface area contributed by atoms with Crippen LogP contribution < -0.4 is 0 Å². The number of carbonyl (C=O) groups excluding carboxylic acids is 1. The number of nitrogens with zero attached hydrogens (tertiary/aromatic N) is 3. The summed E-state index contributed by atoms with van der Waals surface area (Å²) in [7, 11) is 0. The van der Waals surface area contributed by atoms with Gasteiger partial charge in [-0.25, -0.2) is 8.78 Å².